The summed E-state index contributed by atoms with van der Waals surface area (Å²) in [4.78, 5) is 30.5. The highest BCUT2D eigenvalue weighted by Gasteiger charge is 2.21. The van der Waals surface area contributed by atoms with Crippen LogP contribution in [0.3, 0.4) is 0 Å². The number of ether oxygens (including phenoxy) is 1. The molecule has 2 aromatic carbocycles. The predicted octanol–water partition coefficient (Wildman–Crippen LogP) is 4.80. The van der Waals surface area contributed by atoms with Gasteiger partial charge in [-0.1, -0.05) is 36.4 Å². The molecule has 0 bridgehead atoms. The lowest BCUT2D eigenvalue weighted by molar-refractivity contribution is 0.0937. The Morgan fingerprint density at radius 3 is 2.94 bits per heavy atom. The highest BCUT2D eigenvalue weighted by Crippen LogP contribution is 2.29. The van der Waals surface area contributed by atoms with Gasteiger partial charge in [0, 0.05) is 35.1 Å². The minimum atomic E-state index is -0.404. The molecule has 0 saturated carbocycles. The Balaban J connectivity index is 1.73. The second kappa shape index (κ2) is 10.7. The first kappa shape index (κ1) is 23.7. The van der Waals surface area contributed by atoms with Crippen LogP contribution in [-0.4, -0.2) is 34.7 Å². The standard InChI is InChI=1S/C24H25ClFN3O3S/c1-2-10-27-22(30)15-8-9-17-21(12-15)28-24(29(23(17)31)13-16-5-4-11-32-16)33-14-18-19(25)6-3-7-20(18)26/h3,6-9,12,16H,2,4-5,10-11,13-14H2,1H3,(H,27,30)/t16-/m0/s1. The lowest BCUT2D eigenvalue weighted by Crippen LogP contribution is -2.29. The van der Waals surface area contributed by atoms with Crippen molar-refractivity contribution in [2.75, 3.05) is 13.2 Å². The quantitative estimate of drug-likeness (QED) is 0.363. The fourth-order valence-corrected chi connectivity index (χ4v) is 5.10. The molecule has 1 aromatic heterocycles. The van der Waals surface area contributed by atoms with E-state index < -0.39 is 5.82 Å². The van der Waals surface area contributed by atoms with Gasteiger partial charge >= 0.3 is 0 Å². The maximum Gasteiger partial charge on any atom is 0.262 e. The molecule has 174 valence electrons. The largest absolute Gasteiger partial charge is 0.376 e. The lowest BCUT2D eigenvalue weighted by atomic mass is 10.1. The van der Waals surface area contributed by atoms with Crippen LogP contribution >= 0.6 is 23.4 Å². The average Bonchev–Trinajstić information content (AvgIpc) is 3.32. The lowest BCUT2D eigenvalue weighted by Gasteiger charge is -2.17. The third-order valence-corrected chi connectivity index (χ3v) is 6.89. The number of carbonyl (C=O) groups excluding carboxylic acids is 1. The number of aromatic nitrogens is 2. The fourth-order valence-electron chi connectivity index (χ4n) is 3.75. The van der Waals surface area contributed by atoms with E-state index in [0.29, 0.717) is 51.9 Å². The fraction of sp³-hybridized carbons (Fsp3) is 0.375. The van der Waals surface area contributed by atoms with E-state index in [1.165, 1.54) is 17.8 Å². The van der Waals surface area contributed by atoms with Crippen molar-refractivity contribution >= 4 is 40.2 Å². The van der Waals surface area contributed by atoms with Gasteiger partial charge in [-0.15, -0.1) is 0 Å². The molecule has 0 radical (unpaired) electrons. The molecular weight excluding hydrogens is 465 g/mol. The van der Waals surface area contributed by atoms with Gasteiger partial charge in [0.2, 0.25) is 0 Å². The first-order chi connectivity index (χ1) is 16.0. The van der Waals surface area contributed by atoms with Crippen LogP contribution in [-0.2, 0) is 17.0 Å². The number of fused-ring (bicyclic) bond motifs is 1. The molecule has 1 N–H and O–H groups in total. The van der Waals surface area contributed by atoms with Crippen LogP contribution < -0.4 is 10.9 Å². The van der Waals surface area contributed by atoms with E-state index in [2.05, 4.69) is 5.32 Å². The number of benzene rings is 2. The smallest absolute Gasteiger partial charge is 0.262 e. The number of nitrogens with zero attached hydrogens (tertiary/aromatic N) is 2. The third kappa shape index (κ3) is 5.39. The van der Waals surface area contributed by atoms with Crippen molar-refractivity contribution in [2.24, 2.45) is 0 Å². The molecule has 1 aliphatic heterocycles. The Hall–Kier alpha value is -2.42. The van der Waals surface area contributed by atoms with Crippen LogP contribution in [0.4, 0.5) is 4.39 Å². The van der Waals surface area contributed by atoms with Crippen molar-refractivity contribution in [3.63, 3.8) is 0 Å². The molecule has 0 unspecified atom stereocenters. The molecule has 1 aliphatic rings. The molecule has 0 aliphatic carbocycles. The summed E-state index contributed by atoms with van der Waals surface area (Å²) in [5.41, 5.74) is 1.01. The molecule has 9 heteroatoms. The maximum absolute atomic E-state index is 14.3. The number of nitrogens with one attached hydrogen (secondary N) is 1. The normalized spacial score (nSPS) is 15.8. The molecule has 1 amide bonds. The van der Waals surface area contributed by atoms with Gasteiger partial charge < -0.3 is 10.1 Å². The summed E-state index contributed by atoms with van der Waals surface area (Å²) >= 11 is 7.43. The van der Waals surface area contributed by atoms with Gasteiger partial charge in [-0.25, -0.2) is 9.37 Å². The predicted molar refractivity (Wildman–Crippen MR) is 129 cm³/mol. The van der Waals surface area contributed by atoms with E-state index in [1.807, 2.05) is 6.92 Å². The van der Waals surface area contributed by atoms with Crippen molar-refractivity contribution in [3.8, 4) is 0 Å². The molecule has 1 fully saturated rings. The highest BCUT2D eigenvalue weighted by atomic mass is 35.5. The number of carbonyl (C=O) groups is 1. The van der Waals surface area contributed by atoms with Gasteiger partial charge in [-0.05, 0) is 49.6 Å². The maximum atomic E-state index is 14.3. The van der Waals surface area contributed by atoms with E-state index in [1.54, 1.807) is 34.9 Å². The van der Waals surface area contributed by atoms with Gasteiger partial charge in [-0.3, -0.25) is 14.2 Å². The number of thioether (sulfide) groups is 1. The average molecular weight is 490 g/mol. The highest BCUT2D eigenvalue weighted by molar-refractivity contribution is 7.98. The zero-order valence-corrected chi connectivity index (χ0v) is 19.8. The monoisotopic (exact) mass is 489 g/mol. The number of rotatable bonds is 8. The SMILES string of the molecule is CCCNC(=O)c1ccc2c(=O)n(C[C@@H]3CCCO3)c(SCc3c(F)cccc3Cl)nc2c1. The summed E-state index contributed by atoms with van der Waals surface area (Å²) in [6.07, 6.45) is 2.57. The summed E-state index contributed by atoms with van der Waals surface area (Å²) < 4.78 is 21.6. The zero-order valence-electron chi connectivity index (χ0n) is 18.3. The molecule has 0 spiro atoms. The van der Waals surface area contributed by atoms with Crippen LogP contribution in [0.1, 0.15) is 42.1 Å². The van der Waals surface area contributed by atoms with Crippen LogP contribution in [0.25, 0.3) is 10.9 Å². The first-order valence-corrected chi connectivity index (χ1v) is 12.3. The number of hydrogen-bond acceptors (Lipinski definition) is 5. The zero-order chi connectivity index (χ0) is 23.4. The molecule has 3 aromatic rings. The Labute approximate surface area is 200 Å². The van der Waals surface area contributed by atoms with Gasteiger partial charge in [0.05, 0.1) is 23.6 Å². The van der Waals surface area contributed by atoms with Crippen LogP contribution in [0, 0.1) is 5.82 Å². The van der Waals surface area contributed by atoms with Crippen LogP contribution in [0.15, 0.2) is 46.3 Å². The Bertz CT molecular complexity index is 1210. The Kier molecular flexibility index (Phi) is 7.67. The van der Waals surface area contributed by atoms with Crippen LogP contribution in [0.5, 0.6) is 0 Å². The molecule has 6 nitrogen and oxygen atoms in total. The minimum absolute atomic E-state index is 0.0718. The second-order valence-corrected chi connectivity index (χ2v) is 9.27. The minimum Gasteiger partial charge on any atom is -0.376 e. The van der Waals surface area contributed by atoms with Crippen molar-refractivity contribution in [1.82, 2.24) is 14.9 Å². The summed E-state index contributed by atoms with van der Waals surface area (Å²) in [6.45, 7) is 3.58. The van der Waals surface area contributed by atoms with E-state index in [-0.39, 0.29) is 23.3 Å². The van der Waals surface area contributed by atoms with E-state index >= 15 is 0 Å². The first-order valence-electron chi connectivity index (χ1n) is 11.0. The van der Waals surface area contributed by atoms with Gasteiger partial charge in [-0.2, -0.15) is 0 Å². The van der Waals surface area contributed by atoms with Crippen molar-refractivity contribution in [1.29, 1.82) is 0 Å². The third-order valence-electron chi connectivity index (χ3n) is 5.54. The van der Waals surface area contributed by atoms with E-state index in [4.69, 9.17) is 21.3 Å². The van der Waals surface area contributed by atoms with Crippen LogP contribution in [0.2, 0.25) is 5.02 Å². The number of hydrogen-bond donors (Lipinski definition) is 1. The Morgan fingerprint density at radius 2 is 2.21 bits per heavy atom. The molecule has 33 heavy (non-hydrogen) atoms. The van der Waals surface area contributed by atoms with E-state index in [9.17, 15) is 14.0 Å². The molecule has 1 atom stereocenters. The molecule has 2 heterocycles. The van der Waals surface area contributed by atoms with E-state index in [0.717, 1.165) is 19.3 Å². The summed E-state index contributed by atoms with van der Waals surface area (Å²) in [5, 5.41) is 4.02. The summed E-state index contributed by atoms with van der Waals surface area (Å²) in [6, 6.07) is 9.44. The van der Waals surface area contributed by atoms with Crippen molar-refractivity contribution < 1.29 is 13.9 Å². The van der Waals surface area contributed by atoms with Gasteiger partial charge in [0.25, 0.3) is 11.5 Å². The van der Waals surface area contributed by atoms with Gasteiger partial charge in [0.1, 0.15) is 5.82 Å². The molecule has 1 saturated heterocycles. The van der Waals surface area contributed by atoms with Crippen molar-refractivity contribution in [2.45, 2.75) is 49.7 Å². The Morgan fingerprint density at radius 1 is 1.36 bits per heavy atom. The molecular formula is C24H25ClFN3O3S. The van der Waals surface area contributed by atoms with Crippen molar-refractivity contribution in [3.05, 3.63) is 68.7 Å². The number of amides is 1. The summed E-state index contributed by atoms with van der Waals surface area (Å²) in [7, 11) is 0. The van der Waals surface area contributed by atoms with Gasteiger partial charge in [0.15, 0.2) is 5.16 Å². The summed E-state index contributed by atoms with van der Waals surface area (Å²) in [5.74, 6) is -0.402. The number of halogens is 2. The topological polar surface area (TPSA) is 73.2 Å². The second-order valence-electron chi connectivity index (χ2n) is 7.92. The molecule has 4 rings (SSSR count).